The molecule has 2 fully saturated rings. The molecule has 0 radical (unpaired) electrons. The Bertz CT molecular complexity index is 657. The van der Waals surface area contributed by atoms with Crippen LogP contribution in [0.15, 0.2) is 18.2 Å². The van der Waals surface area contributed by atoms with Gasteiger partial charge in [-0.3, -0.25) is 4.79 Å². The first-order valence-electron chi connectivity index (χ1n) is 10.3. The van der Waals surface area contributed by atoms with E-state index < -0.39 is 0 Å². The zero-order chi connectivity index (χ0) is 18.1. The summed E-state index contributed by atoms with van der Waals surface area (Å²) in [6.45, 7) is 5.37. The second-order valence-corrected chi connectivity index (χ2v) is 8.67. The van der Waals surface area contributed by atoms with Gasteiger partial charge in [-0.05, 0) is 60.6 Å². The molecule has 1 heterocycles. The van der Waals surface area contributed by atoms with Crippen LogP contribution in [0.2, 0.25) is 0 Å². The Morgan fingerprint density at radius 3 is 2.77 bits per heavy atom. The molecule has 0 aromatic heterocycles. The fourth-order valence-electron chi connectivity index (χ4n) is 5.26. The lowest BCUT2D eigenvalue weighted by atomic mass is 9.60. The Labute approximate surface area is 156 Å². The third-order valence-corrected chi connectivity index (χ3v) is 6.52. The van der Waals surface area contributed by atoms with Gasteiger partial charge in [0, 0.05) is 12.5 Å². The second-order valence-electron chi connectivity index (χ2n) is 8.67. The summed E-state index contributed by atoms with van der Waals surface area (Å²) < 4.78 is 11.1. The van der Waals surface area contributed by atoms with Crippen LogP contribution in [0.5, 0.6) is 11.5 Å². The number of rotatable bonds is 4. The van der Waals surface area contributed by atoms with Gasteiger partial charge in [0.1, 0.15) is 0 Å². The van der Waals surface area contributed by atoms with Crippen LogP contribution in [0, 0.1) is 23.7 Å². The van der Waals surface area contributed by atoms with Gasteiger partial charge >= 0.3 is 0 Å². The van der Waals surface area contributed by atoms with Gasteiger partial charge < -0.3 is 14.8 Å². The Balaban J connectivity index is 1.61. The standard InChI is InChI=1S/C22H31NO3/c1-14(2)12-23-22(24)21-17-6-4-3-5-15(17)7-9-18(21)16-8-10-19-20(11-16)26-13-25-19/h8,10-11,14-15,17-18,21H,3-7,9,12-13H2,1-2H3,(H,23,24)/t15-,17-,18-,21+/m1/s1. The van der Waals surface area contributed by atoms with E-state index in [1.807, 2.05) is 6.07 Å². The summed E-state index contributed by atoms with van der Waals surface area (Å²) >= 11 is 0. The van der Waals surface area contributed by atoms with E-state index in [1.165, 1.54) is 37.7 Å². The lowest BCUT2D eigenvalue weighted by molar-refractivity contribution is -0.130. The first-order chi connectivity index (χ1) is 12.6. The average Bonchev–Trinajstić information content (AvgIpc) is 3.13. The summed E-state index contributed by atoms with van der Waals surface area (Å²) in [5, 5.41) is 3.24. The predicted molar refractivity (Wildman–Crippen MR) is 101 cm³/mol. The Kier molecular flexibility index (Phi) is 5.10. The number of carbonyl (C=O) groups is 1. The van der Waals surface area contributed by atoms with Gasteiger partial charge in [-0.1, -0.05) is 39.2 Å². The average molecular weight is 357 g/mol. The predicted octanol–water partition coefficient (Wildman–Crippen LogP) is 4.49. The minimum absolute atomic E-state index is 0.0909. The monoisotopic (exact) mass is 357 g/mol. The van der Waals surface area contributed by atoms with Gasteiger partial charge in [0.25, 0.3) is 0 Å². The van der Waals surface area contributed by atoms with Crippen molar-refractivity contribution in [1.29, 1.82) is 0 Å². The molecule has 4 rings (SSSR count). The van der Waals surface area contributed by atoms with E-state index >= 15 is 0 Å². The van der Waals surface area contributed by atoms with E-state index in [0.717, 1.165) is 30.4 Å². The highest BCUT2D eigenvalue weighted by Gasteiger charge is 2.44. The van der Waals surface area contributed by atoms with Crippen LogP contribution < -0.4 is 14.8 Å². The molecule has 2 saturated carbocycles. The highest BCUT2D eigenvalue weighted by Crippen LogP contribution is 2.51. The first kappa shape index (κ1) is 17.7. The first-order valence-corrected chi connectivity index (χ1v) is 10.3. The van der Waals surface area contributed by atoms with Crippen molar-refractivity contribution in [3.8, 4) is 11.5 Å². The molecule has 1 aromatic carbocycles. The number of hydrogen-bond acceptors (Lipinski definition) is 3. The van der Waals surface area contributed by atoms with Crippen molar-refractivity contribution in [2.75, 3.05) is 13.3 Å². The van der Waals surface area contributed by atoms with Crippen molar-refractivity contribution in [1.82, 2.24) is 5.32 Å². The fourth-order valence-corrected chi connectivity index (χ4v) is 5.26. The smallest absolute Gasteiger partial charge is 0.231 e. The molecule has 142 valence electrons. The van der Waals surface area contributed by atoms with Gasteiger partial charge in [0.2, 0.25) is 12.7 Å². The third kappa shape index (κ3) is 3.43. The summed E-state index contributed by atoms with van der Waals surface area (Å²) in [6, 6.07) is 6.26. The molecular weight excluding hydrogens is 326 g/mol. The highest BCUT2D eigenvalue weighted by molar-refractivity contribution is 5.80. The minimum atomic E-state index is 0.0909. The maximum absolute atomic E-state index is 13.2. The molecule has 2 aliphatic carbocycles. The Morgan fingerprint density at radius 2 is 1.92 bits per heavy atom. The minimum Gasteiger partial charge on any atom is -0.454 e. The van der Waals surface area contributed by atoms with E-state index in [2.05, 4.69) is 31.3 Å². The van der Waals surface area contributed by atoms with Crippen molar-refractivity contribution in [2.24, 2.45) is 23.7 Å². The van der Waals surface area contributed by atoms with Crippen LogP contribution in [0.25, 0.3) is 0 Å². The van der Waals surface area contributed by atoms with E-state index in [9.17, 15) is 4.79 Å². The molecule has 0 unspecified atom stereocenters. The molecule has 1 aromatic rings. The SMILES string of the molecule is CC(C)CNC(=O)[C@H]1[C@@H]2CCCC[C@@H]2CC[C@@H]1c1ccc2c(c1)OCO2. The van der Waals surface area contributed by atoms with Crippen LogP contribution in [0.4, 0.5) is 0 Å². The zero-order valence-corrected chi connectivity index (χ0v) is 16.0. The zero-order valence-electron chi connectivity index (χ0n) is 16.0. The number of benzene rings is 1. The van der Waals surface area contributed by atoms with Crippen LogP contribution in [-0.2, 0) is 4.79 Å². The number of ether oxygens (including phenoxy) is 2. The molecule has 1 N–H and O–H groups in total. The molecule has 3 aliphatic rings. The van der Waals surface area contributed by atoms with Crippen molar-refractivity contribution >= 4 is 5.91 Å². The van der Waals surface area contributed by atoms with Crippen molar-refractivity contribution in [2.45, 2.75) is 58.3 Å². The van der Waals surface area contributed by atoms with Gasteiger partial charge in [0.05, 0.1) is 0 Å². The second kappa shape index (κ2) is 7.50. The number of nitrogens with one attached hydrogen (secondary N) is 1. The van der Waals surface area contributed by atoms with E-state index in [-0.39, 0.29) is 17.7 Å². The quantitative estimate of drug-likeness (QED) is 0.864. The van der Waals surface area contributed by atoms with E-state index in [1.54, 1.807) is 0 Å². The van der Waals surface area contributed by atoms with Gasteiger partial charge in [-0.25, -0.2) is 0 Å². The fraction of sp³-hybridized carbons (Fsp3) is 0.682. The number of carbonyl (C=O) groups excluding carboxylic acids is 1. The molecule has 4 atom stereocenters. The lowest BCUT2D eigenvalue weighted by Gasteiger charge is -2.45. The van der Waals surface area contributed by atoms with Gasteiger partial charge in [-0.15, -0.1) is 0 Å². The topological polar surface area (TPSA) is 47.6 Å². The van der Waals surface area contributed by atoms with Crippen LogP contribution in [0.3, 0.4) is 0 Å². The molecule has 1 amide bonds. The summed E-state index contributed by atoms with van der Waals surface area (Å²) in [6.07, 6.45) is 7.44. The largest absolute Gasteiger partial charge is 0.454 e. The normalized spacial score (nSPS) is 30.1. The third-order valence-electron chi connectivity index (χ3n) is 6.52. The van der Waals surface area contributed by atoms with Crippen molar-refractivity contribution in [3.05, 3.63) is 23.8 Å². The summed E-state index contributed by atoms with van der Waals surface area (Å²) in [7, 11) is 0. The maximum Gasteiger partial charge on any atom is 0.231 e. The van der Waals surface area contributed by atoms with Crippen LogP contribution in [0.1, 0.15) is 63.9 Å². The summed E-state index contributed by atoms with van der Waals surface area (Å²) in [5.41, 5.74) is 1.24. The van der Waals surface area contributed by atoms with Crippen LogP contribution in [-0.4, -0.2) is 19.2 Å². The molecule has 1 aliphatic heterocycles. The molecular formula is C22H31NO3. The van der Waals surface area contributed by atoms with Gasteiger partial charge in [0.15, 0.2) is 11.5 Å². The summed E-state index contributed by atoms with van der Waals surface area (Å²) in [4.78, 5) is 13.2. The number of amides is 1. The van der Waals surface area contributed by atoms with Gasteiger partial charge in [-0.2, -0.15) is 0 Å². The van der Waals surface area contributed by atoms with Crippen molar-refractivity contribution in [3.63, 3.8) is 0 Å². The maximum atomic E-state index is 13.2. The summed E-state index contributed by atoms with van der Waals surface area (Å²) in [5.74, 6) is 4.02. The molecule has 0 spiro atoms. The molecule has 4 heteroatoms. The highest BCUT2D eigenvalue weighted by atomic mass is 16.7. The molecule has 0 bridgehead atoms. The Morgan fingerprint density at radius 1 is 1.12 bits per heavy atom. The Hall–Kier alpha value is -1.71. The molecule has 26 heavy (non-hydrogen) atoms. The van der Waals surface area contributed by atoms with E-state index in [4.69, 9.17) is 9.47 Å². The molecule has 0 saturated heterocycles. The number of hydrogen-bond donors (Lipinski definition) is 1. The van der Waals surface area contributed by atoms with Crippen LogP contribution >= 0.6 is 0 Å². The molecule has 4 nitrogen and oxygen atoms in total. The number of fused-ring (bicyclic) bond motifs is 2. The van der Waals surface area contributed by atoms with Crippen molar-refractivity contribution < 1.29 is 14.3 Å². The lowest BCUT2D eigenvalue weighted by Crippen LogP contribution is -2.45. The van der Waals surface area contributed by atoms with E-state index in [0.29, 0.717) is 18.6 Å².